The summed E-state index contributed by atoms with van der Waals surface area (Å²) < 4.78 is 210. The molecule has 0 saturated heterocycles. The van der Waals surface area contributed by atoms with Crippen molar-refractivity contribution in [3.63, 3.8) is 0 Å². The van der Waals surface area contributed by atoms with E-state index in [1.54, 1.807) is 0 Å². The van der Waals surface area contributed by atoms with E-state index in [1.165, 1.54) is 75.1 Å². The zero-order chi connectivity index (χ0) is 53.1. The number of hydrogen-bond acceptors (Lipinski definition) is 2. The third kappa shape index (κ3) is 4.96. The Morgan fingerprint density at radius 1 is 0.543 bits per heavy atom. The Balaban J connectivity index is 1.80. The van der Waals surface area contributed by atoms with Gasteiger partial charge in [-0.15, -0.1) is 0 Å². The molecule has 3 heteroatoms. The van der Waals surface area contributed by atoms with Crippen LogP contribution in [0.1, 0.15) is 117 Å². The van der Waals surface area contributed by atoms with E-state index in [2.05, 4.69) is 0 Å². The van der Waals surface area contributed by atoms with Gasteiger partial charge in [0, 0.05) is 54.7 Å². The first-order valence-electron chi connectivity index (χ1n) is 26.8. The van der Waals surface area contributed by atoms with E-state index >= 15 is 0 Å². The van der Waals surface area contributed by atoms with Crippen molar-refractivity contribution in [3.8, 4) is 0 Å². The monoisotopic (exact) mass is 627 g/mol. The van der Waals surface area contributed by atoms with Crippen LogP contribution < -0.4 is 26.2 Å². The van der Waals surface area contributed by atoms with Crippen molar-refractivity contribution in [3.05, 3.63) is 125 Å². The van der Waals surface area contributed by atoms with Crippen LogP contribution in [-0.2, 0) is 16.2 Å². The van der Waals surface area contributed by atoms with E-state index in [0.717, 1.165) is 17.9 Å². The Labute approximate surface area is 310 Å². The molecule has 46 heavy (non-hydrogen) atoms. The smallest absolute Gasteiger partial charge is 0.252 e. The standard InChI is InChI=1S/C43H47BN2/c1-28-22-38-40-39(23-28)46(33-25-30(42(5,6)7)24-31(26-33)43(8,9)10)37-27-29(41(2,3)4)20-21-35(37)44(40)34-18-14-15-19-36(34)45(38)32-16-12-11-13-17-32/h11-27H,1-10H3/i1D3,2D3,5D3,6D3,8D3,11D,12D,13D,14D,15D,16D,17D,18D,19D. The second kappa shape index (κ2) is 10.4. The lowest BCUT2D eigenvalue weighted by Crippen LogP contribution is -2.61. The number of benzene rings is 5. The van der Waals surface area contributed by atoms with Gasteiger partial charge in [-0.25, -0.2) is 0 Å². The lowest BCUT2D eigenvalue weighted by atomic mass is 9.33. The number of para-hydroxylation sites is 2. The van der Waals surface area contributed by atoms with Crippen molar-refractivity contribution in [2.24, 2.45) is 0 Å². The molecule has 0 radical (unpaired) electrons. The molecule has 0 amide bonds. The van der Waals surface area contributed by atoms with Gasteiger partial charge in [-0.2, -0.15) is 0 Å². The molecule has 5 aromatic carbocycles. The van der Waals surface area contributed by atoms with Crippen LogP contribution in [0.5, 0.6) is 0 Å². The minimum absolute atomic E-state index is 0.0316. The summed E-state index contributed by atoms with van der Waals surface area (Å²) in [6, 6.07) is 3.66. The van der Waals surface area contributed by atoms with E-state index in [0.29, 0.717) is 0 Å². The third-order valence-electron chi connectivity index (χ3n) is 8.60. The summed E-state index contributed by atoms with van der Waals surface area (Å²) in [5, 5.41) is 0. The maximum atomic E-state index is 9.50. The highest BCUT2D eigenvalue weighted by atomic mass is 15.2. The van der Waals surface area contributed by atoms with Gasteiger partial charge in [0.05, 0.1) is 12.3 Å². The van der Waals surface area contributed by atoms with Crippen LogP contribution in [0.4, 0.5) is 34.1 Å². The molecule has 2 nitrogen and oxygen atoms in total. The van der Waals surface area contributed by atoms with Gasteiger partial charge in [0.1, 0.15) is 0 Å². The SMILES string of the molecule is [2H]c1c([2H])c([2H])c(N2c3cc(C([2H])([2H])[2H])cc4c3B(c3ccc(C(C)(C)C([2H])([2H])[2H])cc3N4c3cc(C(C)(C)C([2H])([2H])[2H])cc(C(C)(C([2H])([2H])[2H])C([2H])([2H])[2H])c3)c3c([2H])c([2H])c([2H])c([2H])c32)c([2H])c1[2H]. The average molecular weight is 627 g/mol. The van der Waals surface area contributed by atoms with E-state index < -0.39 is 129 Å². The first kappa shape index (κ1) is 13.5. The molecule has 7 rings (SSSR count). The largest absolute Gasteiger partial charge is 0.311 e. The van der Waals surface area contributed by atoms with Gasteiger partial charge in [0.15, 0.2) is 0 Å². The third-order valence-corrected chi connectivity index (χ3v) is 8.60. The first-order chi connectivity index (χ1) is 31.6. The summed E-state index contributed by atoms with van der Waals surface area (Å²) in [7, 11) is 0. The molecule has 0 bridgehead atoms. The average Bonchev–Trinajstić information content (AvgIpc) is 3.23. The molecular weight excluding hydrogens is 555 g/mol. The highest BCUT2D eigenvalue weighted by molar-refractivity contribution is 7.00. The Hall–Kier alpha value is -4.24. The molecule has 0 spiro atoms. The Bertz CT molecular complexity index is 2970. The van der Waals surface area contributed by atoms with Crippen molar-refractivity contribution < 1.29 is 32.9 Å². The molecule has 2 heterocycles. The normalized spacial score (nSPS) is 23.1. The van der Waals surface area contributed by atoms with Gasteiger partial charge in [-0.1, -0.05) is 116 Å². The highest BCUT2D eigenvalue weighted by Crippen LogP contribution is 2.46. The van der Waals surface area contributed by atoms with Gasteiger partial charge in [-0.05, 0) is 110 Å². The lowest BCUT2D eigenvalue weighted by Gasteiger charge is -2.45. The Kier molecular flexibility index (Phi) is 3.04. The summed E-state index contributed by atoms with van der Waals surface area (Å²) in [6.07, 6.45) is 0. The minimum Gasteiger partial charge on any atom is -0.311 e. The molecular formula is C43H47BN2. The Morgan fingerprint density at radius 3 is 1.83 bits per heavy atom. The number of anilines is 6. The molecule has 2 aliphatic heterocycles. The fourth-order valence-corrected chi connectivity index (χ4v) is 6.32. The van der Waals surface area contributed by atoms with Crippen molar-refractivity contribution in [1.29, 1.82) is 0 Å². The van der Waals surface area contributed by atoms with Crippen LogP contribution in [0.15, 0.2) is 103 Å². The van der Waals surface area contributed by atoms with Crippen molar-refractivity contribution in [2.75, 3.05) is 9.80 Å². The van der Waals surface area contributed by atoms with Crippen molar-refractivity contribution in [2.45, 2.75) is 85.1 Å². The molecule has 232 valence electrons. The fourth-order valence-electron chi connectivity index (χ4n) is 6.32. The Morgan fingerprint density at radius 2 is 1.15 bits per heavy atom. The molecule has 0 aliphatic carbocycles. The summed E-state index contributed by atoms with van der Waals surface area (Å²) in [5.74, 6) is 0. The quantitative estimate of drug-likeness (QED) is 0.176. The summed E-state index contributed by atoms with van der Waals surface area (Å²) >= 11 is 0. The van der Waals surface area contributed by atoms with Crippen LogP contribution in [0.25, 0.3) is 0 Å². The van der Waals surface area contributed by atoms with E-state index in [-0.39, 0.29) is 55.8 Å². The number of fused-ring (bicyclic) bond motifs is 4. The topological polar surface area (TPSA) is 6.48 Å². The van der Waals surface area contributed by atoms with Crippen molar-refractivity contribution in [1.82, 2.24) is 0 Å². The number of aryl methyl sites for hydroxylation is 1. The minimum atomic E-state index is -3.28. The molecule has 0 aromatic heterocycles. The van der Waals surface area contributed by atoms with Gasteiger partial charge in [-0.3, -0.25) is 0 Å². The van der Waals surface area contributed by atoms with Crippen LogP contribution in [0.2, 0.25) is 0 Å². The number of rotatable bonds is 2. The number of nitrogens with zero attached hydrogens (tertiary/aromatic N) is 2. The maximum Gasteiger partial charge on any atom is 0.252 e. The van der Waals surface area contributed by atoms with Gasteiger partial charge in [0.25, 0.3) is 6.71 Å². The molecule has 0 fully saturated rings. The van der Waals surface area contributed by atoms with Crippen LogP contribution in [-0.4, -0.2) is 6.71 Å². The van der Waals surface area contributed by atoms with Gasteiger partial charge >= 0.3 is 0 Å². The molecule has 0 unspecified atom stereocenters. The summed E-state index contributed by atoms with van der Waals surface area (Å²) in [5.41, 5.74) is -8.35. The molecule has 0 N–H and O–H groups in total. The fraction of sp³-hybridized carbons (Fsp3) is 0.302. The summed E-state index contributed by atoms with van der Waals surface area (Å²) in [4.78, 5) is 2.39. The van der Waals surface area contributed by atoms with Gasteiger partial charge < -0.3 is 9.80 Å². The van der Waals surface area contributed by atoms with E-state index in [4.69, 9.17) is 30.2 Å². The second-order valence-electron chi connectivity index (χ2n) is 13.2. The van der Waals surface area contributed by atoms with E-state index in [9.17, 15) is 2.74 Å². The molecule has 2 aliphatic rings. The molecule has 0 atom stereocenters. The van der Waals surface area contributed by atoms with Crippen molar-refractivity contribution >= 4 is 57.2 Å². The van der Waals surface area contributed by atoms with Crippen LogP contribution >= 0.6 is 0 Å². The van der Waals surface area contributed by atoms with E-state index in [1.807, 2.05) is 0 Å². The first-order valence-corrected chi connectivity index (χ1v) is 14.8. The molecule has 5 aromatic rings. The zero-order valence-corrected chi connectivity index (χ0v) is 26.1. The van der Waals surface area contributed by atoms with Crippen LogP contribution in [0, 0.1) is 6.85 Å². The lowest BCUT2D eigenvalue weighted by molar-refractivity contribution is 0.569. The predicted molar refractivity (Wildman–Crippen MR) is 201 cm³/mol. The second-order valence-corrected chi connectivity index (χ2v) is 13.2. The maximum absolute atomic E-state index is 9.50. The molecule has 0 saturated carbocycles. The number of hydrogen-bond donors (Lipinski definition) is 0. The predicted octanol–water partition coefficient (Wildman–Crippen LogP) is 9.97. The zero-order valence-electron chi connectivity index (χ0n) is 50.1. The van der Waals surface area contributed by atoms with Crippen LogP contribution in [0.3, 0.4) is 0 Å². The summed E-state index contributed by atoms with van der Waals surface area (Å²) in [6.45, 7) is -9.82. The highest BCUT2D eigenvalue weighted by Gasteiger charge is 2.43. The van der Waals surface area contributed by atoms with Gasteiger partial charge in [0.2, 0.25) is 0 Å².